The summed E-state index contributed by atoms with van der Waals surface area (Å²) in [7, 11) is 2.21. The summed E-state index contributed by atoms with van der Waals surface area (Å²) in [6.07, 6.45) is 1.02. The van der Waals surface area contributed by atoms with E-state index in [4.69, 9.17) is 5.73 Å². The van der Waals surface area contributed by atoms with E-state index in [1.54, 1.807) is 0 Å². The van der Waals surface area contributed by atoms with Gasteiger partial charge in [0, 0.05) is 23.0 Å². The zero-order valence-electron chi connectivity index (χ0n) is 11.4. The van der Waals surface area contributed by atoms with Crippen molar-refractivity contribution in [2.24, 2.45) is 5.73 Å². The SMILES string of the molecule is CC(c1cccs1)N(C)C1CC(N)c2ccccc21. The van der Waals surface area contributed by atoms with Gasteiger partial charge in [-0.1, -0.05) is 30.3 Å². The van der Waals surface area contributed by atoms with Crippen molar-refractivity contribution >= 4 is 11.3 Å². The van der Waals surface area contributed by atoms with Gasteiger partial charge in [0.2, 0.25) is 0 Å². The highest BCUT2D eigenvalue weighted by Gasteiger charge is 2.33. The Hall–Kier alpha value is -1.16. The van der Waals surface area contributed by atoms with Crippen LogP contribution in [0.25, 0.3) is 0 Å². The first-order valence-corrected chi connectivity index (χ1v) is 7.66. The Morgan fingerprint density at radius 2 is 1.95 bits per heavy atom. The van der Waals surface area contributed by atoms with Gasteiger partial charge in [-0.25, -0.2) is 0 Å². The fourth-order valence-corrected chi connectivity index (χ4v) is 3.87. The topological polar surface area (TPSA) is 29.3 Å². The lowest BCUT2D eigenvalue weighted by Gasteiger charge is -2.30. The van der Waals surface area contributed by atoms with Crippen LogP contribution in [-0.4, -0.2) is 11.9 Å². The molecule has 0 spiro atoms. The van der Waals surface area contributed by atoms with Crippen molar-refractivity contribution < 1.29 is 0 Å². The summed E-state index contributed by atoms with van der Waals surface area (Å²) in [5.41, 5.74) is 8.99. The second-order valence-corrected chi connectivity index (χ2v) is 6.32. The quantitative estimate of drug-likeness (QED) is 0.918. The van der Waals surface area contributed by atoms with Gasteiger partial charge in [0.15, 0.2) is 0 Å². The molecule has 0 bridgehead atoms. The first-order chi connectivity index (χ1) is 9.18. The van der Waals surface area contributed by atoms with Crippen LogP contribution in [0.1, 0.15) is 47.5 Å². The van der Waals surface area contributed by atoms with Crippen molar-refractivity contribution in [3.05, 3.63) is 57.8 Å². The maximum atomic E-state index is 6.27. The smallest absolute Gasteiger partial charge is 0.0416 e. The van der Waals surface area contributed by atoms with Gasteiger partial charge in [-0.15, -0.1) is 11.3 Å². The molecule has 0 fully saturated rings. The summed E-state index contributed by atoms with van der Waals surface area (Å²) in [6, 6.07) is 14.0. The summed E-state index contributed by atoms with van der Waals surface area (Å²) in [6.45, 7) is 2.28. The molecule has 3 atom stereocenters. The van der Waals surface area contributed by atoms with E-state index in [1.165, 1.54) is 16.0 Å². The summed E-state index contributed by atoms with van der Waals surface area (Å²) in [5, 5.41) is 2.15. The van der Waals surface area contributed by atoms with Gasteiger partial charge in [0.25, 0.3) is 0 Å². The summed E-state index contributed by atoms with van der Waals surface area (Å²) < 4.78 is 0. The first kappa shape index (κ1) is 12.9. The van der Waals surface area contributed by atoms with Crippen molar-refractivity contribution in [1.82, 2.24) is 4.90 Å². The molecule has 1 aliphatic carbocycles. The van der Waals surface area contributed by atoms with E-state index >= 15 is 0 Å². The van der Waals surface area contributed by atoms with Crippen LogP contribution in [0, 0.1) is 0 Å². The minimum atomic E-state index is 0.180. The highest BCUT2D eigenvalue weighted by molar-refractivity contribution is 7.10. The molecule has 1 heterocycles. The summed E-state index contributed by atoms with van der Waals surface area (Å²) >= 11 is 1.83. The monoisotopic (exact) mass is 272 g/mol. The predicted octanol–water partition coefficient (Wildman–Crippen LogP) is 3.89. The molecule has 3 rings (SSSR count). The Kier molecular flexibility index (Phi) is 3.44. The molecule has 2 N–H and O–H groups in total. The van der Waals surface area contributed by atoms with Crippen molar-refractivity contribution in [3.8, 4) is 0 Å². The number of thiophene rings is 1. The minimum Gasteiger partial charge on any atom is -0.324 e. The molecular formula is C16H20N2S. The van der Waals surface area contributed by atoms with Gasteiger partial charge < -0.3 is 5.73 Å². The maximum absolute atomic E-state index is 6.27. The molecule has 19 heavy (non-hydrogen) atoms. The fourth-order valence-electron chi connectivity index (χ4n) is 3.03. The highest BCUT2D eigenvalue weighted by atomic mass is 32.1. The van der Waals surface area contributed by atoms with Crippen LogP contribution in [0.5, 0.6) is 0 Å². The molecule has 0 amide bonds. The molecule has 1 aromatic heterocycles. The summed E-state index contributed by atoms with van der Waals surface area (Å²) in [4.78, 5) is 3.87. The standard InChI is InChI=1S/C16H20N2S/c1-11(16-8-5-9-19-16)18(2)15-10-14(17)12-6-3-4-7-13(12)15/h3-9,11,14-15H,10,17H2,1-2H3. The molecular weight excluding hydrogens is 252 g/mol. The molecule has 1 aromatic carbocycles. The fraction of sp³-hybridized carbons (Fsp3) is 0.375. The zero-order valence-corrected chi connectivity index (χ0v) is 12.2. The number of nitrogens with two attached hydrogens (primary N) is 1. The zero-order chi connectivity index (χ0) is 13.4. The molecule has 1 aliphatic rings. The van der Waals surface area contributed by atoms with Gasteiger partial charge in [-0.3, -0.25) is 4.90 Å². The molecule has 0 aliphatic heterocycles. The lowest BCUT2D eigenvalue weighted by Crippen LogP contribution is -2.26. The van der Waals surface area contributed by atoms with Crippen molar-refractivity contribution in [3.63, 3.8) is 0 Å². The average Bonchev–Trinajstić information content (AvgIpc) is 3.06. The van der Waals surface area contributed by atoms with Crippen molar-refractivity contribution in [2.75, 3.05) is 7.05 Å². The van der Waals surface area contributed by atoms with Gasteiger partial charge in [0.05, 0.1) is 0 Å². The maximum Gasteiger partial charge on any atom is 0.0416 e. The molecule has 0 saturated carbocycles. The minimum absolute atomic E-state index is 0.180. The van der Waals surface area contributed by atoms with E-state index in [0.717, 1.165) is 6.42 Å². The van der Waals surface area contributed by atoms with Crippen LogP contribution in [0.4, 0.5) is 0 Å². The van der Waals surface area contributed by atoms with Gasteiger partial charge >= 0.3 is 0 Å². The second-order valence-electron chi connectivity index (χ2n) is 5.34. The molecule has 100 valence electrons. The van der Waals surface area contributed by atoms with Gasteiger partial charge in [-0.2, -0.15) is 0 Å². The molecule has 0 saturated heterocycles. The first-order valence-electron chi connectivity index (χ1n) is 6.78. The number of benzene rings is 1. The highest BCUT2D eigenvalue weighted by Crippen LogP contribution is 2.43. The lowest BCUT2D eigenvalue weighted by atomic mass is 10.1. The van der Waals surface area contributed by atoms with Crippen LogP contribution < -0.4 is 5.73 Å². The molecule has 0 radical (unpaired) electrons. The third-order valence-electron chi connectivity index (χ3n) is 4.29. The number of fused-ring (bicyclic) bond motifs is 1. The van der Waals surface area contributed by atoms with E-state index in [0.29, 0.717) is 12.1 Å². The Morgan fingerprint density at radius 3 is 2.63 bits per heavy atom. The third-order valence-corrected chi connectivity index (χ3v) is 5.33. The number of hydrogen-bond acceptors (Lipinski definition) is 3. The van der Waals surface area contributed by atoms with E-state index in [-0.39, 0.29) is 6.04 Å². The van der Waals surface area contributed by atoms with Crippen LogP contribution in [0.2, 0.25) is 0 Å². The van der Waals surface area contributed by atoms with E-state index < -0.39 is 0 Å². The Balaban J connectivity index is 1.88. The summed E-state index contributed by atoms with van der Waals surface area (Å²) in [5.74, 6) is 0. The molecule has 2 nitrogen and oxygen atoms in total. The van der Waals surface area contributed by atoms with E-state index in [9.17, 15) is 0 Å². The van der Waals surface area contributed by atoms with Crippen LogP contribution in [-0.2, 0) is 0 Å². The number of nitrogens with zero attached hydrogens (tertiary/aromatic N) is 1. The van der Waals surface area contributed by atoms with Crippen LogP contribution >= 0.6 is 11.3 Å². The second kappa shape index (κ2) is 5.08. The largest absolute Gasteiger partial charge is 0.324 e. The van der Waals surface area contributed by atoms with Crippen molar-refractivity contribution in [2.45, 2.75) is 31.5 Å². The molecule has 3 unspecified atom stereocenters. The van der Waals surface area contributed by atoms with E-state index in [1.807, 2.05) is 11.3 Å². The Labute approximate surface area is 118 Å². The van der Waals surface area contributed by atoms with Crippen molar-refractivity contribution in [1.29, 1.82) is 0 Å². The Bertz CT molecular complexity index is 550. The normalized spacial score (nSPS) is 23.6. The average molecular weight is 272 g/mol. The number of rotatable bonds is 3. The van der Waals surface area contributed by atoms with Gasteiger partial charge in [-0.05, 0) is 43.0 Å². The van der Waals surface area contributed by atoms with E-state index in [2.05, 4.69) is 60.6 Å². The third kappa shape index (κ3) is 2.22. The Morgan fingerprint density at radius 1 is 1.21 bits per heavy atom. The predicted molar refractivity (Wildman–Crippen MR) is 81.2 cm³/mol. The van der Waals surface area contributed by atoms with Crippen LogP contribution in [0.3, 0.4) is 0 Å². The molecule has 3 heteroatoms. The van der Waals surface area contributed by atoms with Gasteiger partial charge in [0.1, 0.15) is 0 Å². The lowest BCUT2D eigenvalue weighted by molar-refractivity contribution is 0.183. The molecule has 2 aromatic rings. The van der Waals surface area contributed by atoms with Crippen LogP contribution in [0.15, 0.2) is 41.8 Å². The number of hydrogen-bond donors (Lipinski definition) is 1.